The third kappa shape index (κ3) is 5.20. The highest BCUT2D eigenvalue weighted by Crippen LogP contribution is 2.38. The first-order valence-corrected chi connectivity index (χ1v) is 14.7. The average Bonchev–Trinajstić information content (AvgIpc) is 2.85. The number of rotatable bonds is 6. The van der Waals surface area contributed by atoms with Gasteiger partial charge in [-0.2, -0.15) is 0 Å². The standard InChI is InChI=1S/C28H31BrN2O4Si/c1-28(2,3)36(23-10-6-4-7-11-23,24-12-8-5-9-13-24)35-22-14-15-25(29)21(18-22)19-30-16-17-31(27(33)34)20-26(30)32/h4-15,18H,16-17,19-20H2,1-3H3,(H,33,34). The fourth-order valence-corrected chi connectivity index (χ4v) is 9.59. The van der Waals surface area contributed by atoms with Crippen LogP contribution in [0, 0.1) is 0 Å². The first-order valence-electron chi connectivity index (χ1n) is 12.0. The number of piperazine rings is 1. The highest BCUT2D eigenvalue weighted by molar-refractivity contribution is 9.10. The van der Waals surface area contributed by atoms with Crippen LogP contribution in [0.1, 0.15) is 26.3 Å². The van der Waals surface area contributed by atoms with Crippen LogP contribution in [0.3, 0.4) is 0 Å². The molecule has 6 nitrogen and oxygen atoms in total. The predicted molar refractivity (Wildman–Crippen MR) is 147 cm³/mol. The molecule has 3 aromatic carbocycles. The maximum Gasteiger partial charge on any atom is 0.407 e. The first-order chi connectivity index (χ1) is 17.1. The van der Waals surface area contributed by atoms with E-state index in [9.17, 15) is 14.7 Å². The number of carbonyl (C=O) groups excluding carboxylic acids is 1. The Bertz CT molecular complexity index is 1190. The van der Waals surface area contributed by atoms with Crippen LogP contribution in [-0.4, -0.2) is 54.9 Å². The number of nitrogens with zero attached hydrogens (tertiary/aromatic N) is 2. The molecule has 36 heavy (non-hydrogen) atoms. The van der Waals surface area contributed by atoms with Gasteiger partial charge in [-0.1, -0.05) is 97.4 Å². The smallest absolute Gasteiger partial charge is 0.407 e. The highest BCUT2D eigenvalue weighted by Gasteiger charge is 2.52. The van der Waals surface area contributed by atoms with E-state index in [0.717, 1.165) is 20.7 Å². The Balaban J connectivity index is 1.71. The van der Waals surface area contributed by atoms with Gasteiger partial charge in [0.15, 0.2) is 0 Å². The molecular weight excluding hydrogens is 536 g/mol. The predicted octanol–water partition coefficient (Wildman–Crippen LogP) is 4.71. The lowest BCUT2D eigenvalue weighted by molar-refractivity contribution is -0.135. The topological polar surface area (TPSA) is 70.1 Å². The van der Waals surface area contributed by atoms with Gasteiger partial charge < -0.3 is 14.4 Å². The van der Waals surface area contributed by atoms with Crippen LogP contribution < -0.4 is 14.8 Å². The third-order valence-electron chi connectivity index (χ3n) is 6.66. The van der Waals surface area contributed by atoms with Crippen molar-refractivity contribution in [3.05, 3.63) is 88.9 Å². The zero-order chi connectivity index (χ0) is 25.9. The Morgan fingerprint density at radius 3 is 2.06 bits per heavy atom. The Morgan fingerprint density at radius 1 is 0.972 bits per heavy atom. The lowest BCUT2D eigenvalue weighted by Crippen LogP contribution is -2.68. The van der Waals surface area contributed by atoms with Crippen LogP contribution in [0.15, 0.2) is 83.3 Å². The van der Waals surface area contributed by atoms with Crippen molar-refractivity contribution in [1.82, 2.24) is 9.80 Å². The maximum atomic E-state index is 12.6. The van der Waals surface area contributed by atoms with E-state index in [0.29, 0.717) is 19.6 Å². The lowest BCUT2D eigenvalue weighted by atomic mass is 10.2. The maximum absolute atomic E-state index is 12.6. The summed E-state index contributed by atoms with van der Waals surface area (Å²) in [7, 11) is -2.79. The Hall–Kier alpha value is -3.10. The van der Waals surface area contributed by atoms with Crippen LogP contribution in [-0.2, 0) is 11.3 Å². The fourth-order valence-electron chi connectivity index (χ4n) is 4.81. The van der Waals surface area contributed by atoms with Crippen molar-refractivity contribution in [3.63, 3.8) is 0 Å². The quantitative estimate of drug-likeness (QED) is 0.438. The van der Waals surface area contributed by atoms with Crippen molar-refractivity contribution in [3.8, 4) is 5.75 Å². The number of hydrogen-bond acceptors (Lipinski definition) is 3. The second-order valence-electron chi connectivity index (χ2n) is 10.0. The highest BCUT2D eigenvalue weighted by atomic mass is 79.9. The van der Waals surface area contributed by atoms with E-state index in [4.69, 9.17) is 4.43 Å². The molecule has 1 saturated heterocycles. The lowest BCUT2D eigenvalue weighted by Gasteiger charge is -2.43. The molecule has 1 fully saturated rings. The van der Waals surface area contributed by atoms with Crippen molar-refractivity contribution < 1.29 is 19.1 Å². The Kier molecular flexibility index (Phi) is 7.56. The summed E-state index contributed by atoms with van der Waals surface area (Å²) >= 11 is 3.63. The monoisotopic (exact) mass is 566 g/mol. The minimum atomic E-state index is -2.79. The minimum Gasteiger partial charge on any atom is -0.534 e. The van der Waals surface area contributed by atoms with E-state index in [1.54, 1.807) is 4.90 Å². The molecule has 3 aromatic rings. The second kappa shape index (κ2) is 10.5. The van der Waals surface area contributed by atoms with Gasteiger partial charge in [0, 0.05) is 24.1 Å². The second-order valence-corrected chi connectivity index (χ2v) is 15.1. The number of hydrogen-bond donors (Lipinski definition) is 1. The molecular formula is C28H31BrN2O4Si. The molecule has 4 rings (SSSR count). The largest absolute Gasteiger partial charge is 0.534 e. The molecule has 0 unspecified atom stereocenters. The van der Waals surface area contributed by atoms with E-state index in [1.165, 1.54) is 10.4 Å². The van der Waals surface area contributed by atoms with Gasteiger partial charge in [0.05, 0.1) is 0 Å². The molecule has 1 N–H and O–H groups in total. The molecule has 0 spiro atoms. The first kappa shape index (κ1) is 26.0. The summed E-state index contributed by atoms with van der Waals surface area (Å²) in [5.74, 6) is 0.549. The Labute approximate surface area is 221 Å². The molecule has 8 heteroatoms. The molecule has 0 bridgehead atoms. The number of amides is 2. The zero-order valence-electron chi connectivity index (χ0n) is 20.8. The molecule has 188 valence electrons. The van der Waals surface area contributed by atoms with E-state index >= 15 is 0 Å². The summed E-state index contributed by atoms with van der Waals surface area (Å²) in [6, 6.07) is 26.8. The summed E-state index contributed by atoms with van der Waals surface area (Å²) in [5, 5.41) is 11.4. The molecule has 0 aliphatic carbocycles. The molecule has 0 radical (unpaired) electrons. The van der Waals surface area contributed by atoms with Gasteiger partial charge >= 0.3 is 14.4 Å². The van der Waals surface area contributed by atoms with Crippen LogP contribution in [0.5, 0.6) is 5.75 Å². The minimum absolute atomic E-state index is 0.120. The molecule has 0 saturated carbocycles. The normalized spacial score (nSPS) is 14.6. The van der Waals surface area contributed by atoms with Crippen molar-refractivity contribution in [1.29, 1.82) is 0 Å². The fraction of sp³-hybridized carbons (Fsp3) is 0.286. The SMILES string of the molecule is CC(C)(C)[Si](Oc1ccc(Br)c(CN2CCN(C(=O)O)CC2=O)c1)(c1ccccc1)c1ccccc1. The van der Waals surface area contributed by atoms with Crippen molar-refractivity contribution in [2.24, 2.45) is 0 Å². The van der Waals surface area contributed by atoms with E-state index in [1.807, 2.05) is 30.3 Å². The van der Waals surface area contributed by atoms with Crippen LogP contribution in [0.2, 0.25) is 5.04 Å². The van der Waals surface area contributed by atoms with Crippen LogP contribution >= 0.6 is 15.9 Å². The molecule has 0 aromatic heterocycles. The van der Waals surface area contributed by atoms with Gasteiger partial charge in [0.25, 0.3) is 0 Å². The van der Waals surface area contributed by atoms with Gasteiger partial charge in [-0.05, 0) is 39.2 Å². The molecule has 0 atom stereocenters. The summed E-state index contributed by atoms with van der Waals surface area (Å²) < 4.78 is 8.01. The summed E-state index contributed by atoms with van der Waals surface area (Å²) in [4.78, 5) is 26.7. The van der Waals surface area contributed by atoms with Crippen molar-refractivity contribution in [2.75, 3.05) is 19.6 Å². The summed E-state index contributed by atoms with van der Waals surface area (Å²) in [5.41, 5.74) is 0.919. The van der Waals surface area contributed by atoms with Crippen LogP contribution in [0.25, 0.3) is 0 Å². The number of benzene rings is 3. The van der Waals surface area contributed by atoms with Gasteiger partial charge in [0.2, 0.25) is 5.91 Å². The average molecular weight is 568 g/mol. The zero-order valence-corrected chi connectivity index (χ0v) is 23.4. The van der Waals surface area contributed by atoms with E-state index in [-0.39, 0.29) is 17.5 Å². The van der Waals surface area contributed by atoms with E-state index < -0.39 is 14.4 Å². The van der Waals surface area contributed by atoms with Crippen molar-refractivity contribution >= 4 is 46.6 Å². The number of carbonyl (C=O) groups is 2. The van der Waals surface area contributed by atoms with E-state index in [2.05, 4.69) is 85.2 Å². The number of carboxylic acid groups (broad SMARTS) is 1. The summed E-state index contributed by atoms with van der Waals surface area (Å²) in [6.45, 7) is 7.63. The van der Waals surface area contributed by atoms with Gasteiger partial charge in [0.1, 0.15) is 12.3 Å². The van der Waals surface area contributed by atoms with Gasteiger partial charge in [-0.3, -0.25) is 9.69 Å². The van der Waals surface area contributed by atoms with Gasteiger partial charge in [-0.25, -0.2) is 4.79 Å². The Morgan fingerprint density at radius 2 is 1.56 bits per heavy atom. The molecule has 1 heterocycles. The molecule has 2 amide bonds. The molecule has 1 aliphatic heterocycles. The summed E-state index contributed by atoms with van der Waals surface area (Å²) in [6.07, 6.45) is -1.06. The van der Waals surface area contributed by atoms with Gasteiger partial charge in [-0.15, -0.1) is 0 Å². The van der Waals surface area contributed by atoms with Crippen molar-refractivity contribution in [2.45, 2.75) is 32.4 Å². The number of halogens is 1. The third-order valence-corrected chi connectivity index (χ3v) is 12.4. The molecule has 1 aliphatic rings. The van der Waals surface area contributed by atoms with Crippen LogP contribution in [0.4, 0.5) is 4.79 Å².